The SMILES string of the molecule is CN(C)c1ccnc(-c2[c-]c(Cc3[c-]c(-c4cc(N(C)C)ccn4)c(F)cc3F)c(F)cc2F)c1.Fc1cc(F)c(-c2ccccn2)[c-]c1Cc1[c-]c(-c2ccccn2)c(F)cc1F.[Pt+2].[Pt+2].[Pt+2].[c-]1c(Cc2[c-]c(-c3ccccn3)ccc2)cccc1-c1ccccn1. The standard InChI is InChI=1S/C27H22F4N4.C23H12F4N2.C23H16N2.3Pt/c1-34(2)18-5-7-32-26(12-18)20-10-16(22(28)14-24(20)30)9-17-11-21(25(31)15-23(17)29)27-13-19(35(3)4)6-8-33-27;24-18-12-20(26)16(22-5-1-3-7-28-22)10-14(18)9-15-11-17(21(27)13-19(15)25)23-6-2-4-8-29-23;1-3-13-24-22(11-1)20-9-5-7-18(16-20)15-19-8-6-10-21(17-19)23-12-2-4-14-25-23;;;/h5-8,12-15H,9H2,1-4H3;1-8,12-13H,9H2;1-14H,15H2;;;/q3*-2;3*+2. The van der Waals surface area contributed by atoms with Crippen molar-refractivity contribution in [1.29, 1.82) is 0 Å². The summed E-state index contributed by atoms with van der Waals surface area (Å²) in [7, 11) is 7.29. The van der Waals surface area contributed by atoms with Gasteiger partial charge in [-0.05, 0) is 89.8 Å². The molecule has 12 rings (SSSR count). The summed E-state index contributed by atoms with van der Waals surface area (Å²) in [5, 5.41) is 0. The molecule has 468 valence electrons. The summed E-state index contributed by atoms with van der Waals surface area (Å²) in [6.45, 7) is 0. The van der Waals surface area contributed by atoms with Crippen LogP contribution < -0.4 is 9.80 Å². The Morgan fingerprint density at radius 3 is 0.870 bits per heavy atom. The van der Waals surface area contributed by atoms with Crippen molar-refractivity contribution in [3.8, 4) is 67.5 Å². The Hall–Kier alpha value is -8.68. The minimum absolute atomic E-state index is 0. The van der Waals surface area contributed by atoms with Crippen molar-refractivity contribution in [1.82, 2.24) is 29.9 Å². The summed E-state index contributed by atoms with van der Waals surface area (Å²) < 4.78 is 116. The minimum Gasteiger partial charge on any atom is -0.378 e. The van der Waals surface area contributed by atoms with Gasteiger partial charge in [0.25, 0.3) is 0 Å². The van der Waals surface area contributed by atoms with E-state index in [1.807, 2.05) is 86.5 Å². The molecule has 0 N–H and O–H groups in total. The largest absolute Gasteiger partial charge is 2.00 e. The van der Waals surface area contributed by atoms with Gasteiger partial charge < -0.3 is 39.7 Å². The molecule has 0 saturated heterocycles. The second-order valence-corrected chi connectivity index (χ2v) is 20.4. The summed E-state index contributed by atoms with van der Waals surface area (Å²) in [5.74, 6) is -6.93. The number of rotatable bonds is 14. The van der Waals surface area contributed by atoms with Gasteiger partial charge in [0.15, 0.2) is 0 Å². The topological polar surface area (TPSA) is 83.8 Å². The van der Waals surface area contributed by atoms with E-state index in [0.717, 1.165) is 63.6 Å². The zero-order valence-electron chi connectivity index (χ0n) is 49.1. The van der Waals surface area contributed by atoms with Gasteiger partial charge in [-0.1, -0.05) is 129 Å². The molecule has 0 fully saturated rings. The number of halogens is 8. The molecule has 12 aromatic rings. The Kier molecular flexibility index (Phi) is 25.4. The van der Waals surface area contributed by atoms with Crippen molar-refractivity contribution in [2.24, 2.45) is 0 Å². The van der Waals surface area contributed by atoms with Gasteiger partial charge >= 0.3 is 63.2 Å². The predicted octanol–water partition coefficient (Wildman–Crippen LogP) is 16.2. The third-order valence-corrected chi connectivity index (χ3v) is 13.8. The van der Waals surface area contributed by atoms with E-state index in [-0.39, 0.29) is 143 Å². The monoisotopic (exact) mass is 1780 g/mol. The Morgan fingerprint density at radius 1 is 0.283 bits per heavy atom. The first-order chi connectivity index (χ1) is 43.0. The van der Waals surface area contributed by atoms with Crippen LogP contribution in [0.3, 0.4) is 0 Å². The molecule has 0 spiro atoms. The summed E-state index contributed by atoms with van der Waals surface area (Å²) >= 11 is 0. The Bertz CT molecular complexity index is 4150. The second kappa shape index (κ2) is 33.1. The van der Waals surface area contributed by atoms with E-state index in [0.29, 0.717) is 12.1 Å². The first-order valence-electron chi connectivity index (χ1n) is 27.6. The van der Waals surface area contributed by atoms with E-state index in [1.54, 1.807) is 73.1 Å². The van der Waals surface area contributed by atoms with Gasteiger partial charge in [0.1, 0.15) is 0 Å². The molecule has 0 aliphatic heterocycles. The maximum absolute atomic E-state index is 14.7. The first-order valence-corrected chi connectivity index (χ1v) is 27.6. The summed E-state index contributed by atoms with van der Waals surface area (Å²) in [6.07, 6.45) is 9.74. The van der Waals surface area contributed by atoms with Gasteiger partial charge in [-0.3, -0.25) is 35.1 Å². The Balaban J connectivity index is 0.000000195. The fourth-order valence-corrected chi connectivity index (χ4v) is 9.25. The maximum atomic E-state index is 14.7. The average Bonchev–Trinajstić information content (AvgIpc) is 0.881. The zero-order valence-corrected chi connectivity index (χ0v) is 56.0. The van der Waals surface area contributed by atoms with Crippen LogP contribution in [-0.2, 0) is 82.5 Å². The molecule has 0 unspecified atom stereocenters. The molecule has 0 aliphatic rings. The Labute approximate surface area is 571 Å². The van der Waals surface area contributed by atoms with Gasteiger partial charge in [-0.25, -0.2) is 0 Å². The maximum Gasteiger partial charge on any atom is 2.00 e. The Morgan fingerprint density at radius 2 is 0.576 bits per heavy atom. The van der Waals surface area contributed by atoms with Gasteiger partial charge in [-0.15, -0.1) is 95.1 Å². The molecule has 6 aromatic carbocycles. The molecule has 0 atom stereocenters. The van der Waals surface area contributed by atoms with Crippen LogP contribution in [0.1, 0.15) is 33.4 Å². The molecule has 92 heavy (non-hydrogen) atoms. The van der Waals surface area contributed by atoms with Gasteiger partial charge in [0.05, 0.1) is 0 Å². The average molecular weight is 1780 g/mol. The molecule has 0 saturated carbocycles. The molecule has 0 amide bonds. The van der Waals surface area contributed by atoms with Crippen LogP contribution in [0, 0.1) is 82.9 Å². The van der Waals surface area contributed by atoms with Gasteiger partial charge in [-0.2, -0.15) is 0 Å². The first kappa shape index (κ1) is 70.8. The number of anilines is 2. The van der Waals surface area contributed by atoms with Crippen LogP contribution in [0.4, 0.5) is 46.5 Å². The normalized spacial score (nSPS) is 10.5. The quantitative estimate of drug-likeness (QED) is 0.0787. The van der Waals surface area contributed by atoms with E-state index in [2.05, 4.69) is 90.6 Å². The predicted molar refractivity (Wildman–Crippen MR) is 328 cm³/mol. The van der Waals surface area contributed by atoms with E-state index >= 15 is 0 Å². The molecular formula is C73H50F8N8Pt3. The van der Waals surface area contributed by atoms with E-state index in [1.165, 1.54) is 24.8 Å². The molecule has 8 nitrogen and oxygen atoms in total. The number of nitrogens with zero attached hydrogens (tertiary/aromatic N) is 8. The molecule has 6 heterocycles. The van der Waals surface area contributed by atoms with E-state index < -0.39 is 46.5 Å². The fraction of sp³-hybridized carbons (Fsp3) is 0.0959. The number of hydrogen-bond acceptors (Lipinski definition) is 8. The van der Waals surface area contributed by atoms with E-state index in [4.69, 9.17) is 0 Å². The third kappa shape index (κ3) is 17.9. The fourth-order valence-electron chi connectivity index (χ4n) is 9.25. The smallest absolute Gasteiger partial charge is 0.378 e. The number of aromatic nitrogens is 6. The summed E-state index contributed by atoms with van der Waals surface area (Å²) in [6, 6.07) is 61.2. The molecule has 19 heteroatoms. The van der Waals surface area contributed by atoms with Crippen LogP contribution >= 0.6 is 0 Å². The van der Waals surface area contributed by atoms with Gasteiger partial charge in [0.2, 0.25) is 0 Å². The van der Waals surface area contributed by atoms with Crippen molar-refractivity contribution < 1.29 is 98.3 Å². The molecule has 6 aromatic heterocycles. The molecule has 0 aliphatic carbocycles. The molecule has 0 bridgehead atoms. The molecule has 0 radical (unpaired) electrons. The third-order valence-electron chi connectivity index (χ3n) is 13.8. The van der Waals surface area contributed by atoms with Gasteiger partial charge in [0, 0.05) is 123 Å². The second-order valence-electron chi connectivity index (χ2n) is 20.4. The number of benzene rings is 6. The van der Waals surface area contributed by atoms with Crippen LogP contribution in [0.25, 0.3) is 67.5 Å². The van der Waals surface area contributed by atoms with Crippen molar-refractivity contribution in [2.75, 3.05) is 38.0 Å². The summed E-state index contributed by atoms with van der Waals surface area (Å²) in [5.41, 5.74) is 8.21. The van der Waals surface area contributed by atoms with Crippen LogP contribution in [-0.4, -0.2) is 58.1 Å². The zero-order chi connectivity index (χ0) is 62.6. The summed E-state index contributed by atoms with van der Waals surface area (Å²) in [4.78, 5) is 28.9. The van der Waals surface area contributed by atoms with Crippen molar-refractivity contribution in [3.05, 3.63) is 311 Å². The van der Waals surface area contributed by atoms with Crippen molar-refractivity contribution >= 4 is 11.4 Å². The van der Waals surface area contributed by atoms with Crippen molar-refractivity contribution in [3.63, 3.8) is 0 Å². The number of pyridine rings is 6. The van der Waals surface area contributed by atoms with Crippen LogP contribution in [0.2, 0.25) is 0 Å². The molecular weight excluding hydrogens is 1730 g/mol. The van der Waals surface area contributed by atoms with Crippen molar-refractivity contribution in [2.45, 2.75) is 19.3 Å². The number of hydrogen-bond donors (Lipinski definition) is 0. The van der Waals surface area contributed by atoms with Crippen LogP contribution in [0.5, 0.6) is 0 Å². The minimum atomic E-state index is -0.901. The van der Waals surface area contributed by atoms with E-state index in [9.17, 15) is 35.1 Å². The van der Waals surface area contributed by atoms with Crippen LogP contribution in [0.15, 0.2) is 195 Å².